The molecule has 0 amide bonds. The molecule has 1 aliphatic rings. The molecule has 1 aromatic carbocycles. The molecule has 3 nitrogen and oxygen atoms in total. The van der Waals surface area contributed by atoms with Gasteiger partial charge in [0.1, 0.15) is 0 Å². The highest BCUT2D eigenvalue weighted by atomic mass is 16.7. The van der Waals surface area contributed by atoms with E-state index in [1.165, 1.54) is 5.56 Å². The van der Waals surface area contributed by atoms with Crippen molar-refractivity contribution in [2.24, 2.45) is 0 Å². The van der Waals surface area contributed by atoms with E-state index >= 15 is 0 Å². The van der Waals surface area contributed by atoms with Crippen molar-refractivity contribution in [3.8, 4) is 0 Å². The fourth-order valence-corrected chi connectivity index (χ4v) is 1.84. The van der Waals surface area contributed by atoms with E-state index in [2.05, 4.69) is 29.6 Å². The summed E-state index contributed by atoms with van der Waals surface area (Å²) in [7, 11) is 1.96. The van der Waals surface area contributed by atoms with Gasteiger partial charge in [0.25, 0.3) is 0 Å². The minimum atomic E-state index is -0.0531. The quantitative estimate of drug-likeness (QED) is 0.815. The Bertz CT molecular complexity index is 283. The van der Waals surface area contributed by atoms with E-state index in [1.807, 2.05) is 13.1 Å². The van der Waals surface area contributed by atoms with Crippen LogP contribution in [0.3, 0.4) is 0 Å². The first-order valence-corrected chi connectivity index (χ1v) is 5.35. The van der Waals surface area contributed by atoms with Gasteiger partial charge < -0.3 is 14.8 Å². The van der Waals surface area contributed by atoms with Gasteiger partial charge in [-0.05, 0) is 12.6 Å². The standard InChI is InChI=1S/C12H17NO2/c1-13-11(9-12-14-7-8-15-12)10-5-3-2-4-6-10/h2-6,11-13H,7-9H2,1H3. The molecule has 3 heteroatoms. The maximum Gasteiger partial charge on any atom is 0.159 e. The molecule has 1 saturated heterocycles. The summed E-state index contributed by atoms with van der Waals surface area (Å²) in [5.41, 5.74) is 1.28. The van der Waals surface area contributed by atoms with Gasteiger partial charge in [-0.2, -0.15) is 0 Å². The molecule has 0 spiro atoms. The summed E-state index contributed by atoms with van der Waals surface area (Å²) in [5.74, 6) is 0. The van der Waals surface area contributed by atoms with Crippen LogP contribution in [-0.4, -0.2) is 26.6 Å². The molecule has 0 bridgehead atoms. The lowest BCUT2D eigenvalue weighted by molar-refractivity contribution is -0.0526. The number of hydrogen-bond acceptors (Lipinski definition) is 3. The minimum Gasteiger partial charge on any atom is -0.350 e. The summed E-state index contributed by atoms with van der Waals surface area (Å²) in [6.07, 6.45) is 0.809. The Hall–Kier alpha value is -0.900. The molecule has 0 saturated carbocycles. The molecule has 0 aromatic heterocycles. The fourth-order valence-electron chi connectivity index (χ4n) is 1.84. The van der Waals surface area contributed by atoms with E-state index in [-0.39, 0.29) is 6.29 Å². The van der Waals surface area contributed by atoms with Crippen LogP contribution in [0.1, 0.15) is 18.0 Å². The lowest BCUT2D eigenvalue weighted by atomic mass is 10.0. The van der Waals surface area contributed by atoms with E-state index in [0.29, 0.717) is 6.04 Å². The summed E-state index contributed by atoms with van der Waals surface area (Å²) in [5, 5.41) is 3.29. The molecule has 15 heavy (non-hydrogen) atoms. The zero-order valence-corrected chi connectivity index (χ0v) is 8.98. The molecule has 0 radical (unpaired) electrons. The second kappa shape index (κ2) is 5.26. The summed E-state index contributed by atoms with van der Waals surface area (Å²) in [6.45, 7) is 1.44. The van der Waals surface area contributed by atoms with Crippen LogP contribution in [-0.2, 0) is 9.47 Å². The fraction of sp³-hybridized carbons (Fsp3) is 0.500. The lowest BCUT2D eigenvalue weighted by Gasteiger charge is -2.19. The molecule has 0 aliphatic carbocycles. The Kier molecular flexibility index (Phi) is 3.72. The van der Waals surface area contributed by atoms with E-state index in [4.69, 9.17) is 9.47 Å². The normalized spacial score (nSPS) is 19.3. The van der Waals surface area contributed by atoms with Crippen LogP contribution >= 0.6 is 0 Å². The van der Waals surface area contributed by atoms with Crippen molar-refractivity contribution >= 4 is 0 Å². The molecule has 1 fully saturated rings. The maximum atomic E-state index is 5.44. The van der Waals surface area contributed by atoms with Crippen molar-refractivity contribution in [3.05, 3.63) is 35.9 Å². The molecule has 1 N–H and O–H groups in total. The minimum absolute atomic E-state index is 0.0531. The molecule has 82 valence electrons. The van der Waals surface area contributed by atoms with E-state index in [1.54, 1.807) is 0 Å². The Labute approximate surface area is 90.4 Å². The van der Waals surface area contributed by atoms with Gasteiger partial charge in [-0.15, -0.1) is 0 Å². The molecular weight excluding hydrogens is 190 g/mol. The molecule has 1 aliphatic heterocycles. The average Bonchev–Trinajstić information content (AvgIpc) is 2.80. The van der Waals surface area contributed by atoms with Gasteiger partial charge in [0.2, 0.25) is 0 Å². The monoisotopic (exact) mass is 207 g/mol. The third-order valence-corrected chi connectivity index (χ3v) is 2.67. The first-order valence-electron chi connectivity index (χ1n) is 5.35. The second-order valence-electron chi connectivity index (χ2n) is 3.66. The molecule has 1 aromatic rings. The van der Waals surface area contributed by atoms with Crippen molar-refractivity contribution in [2.45, 2.75) is 18.8 Å². The first kappa shape index (κ1) is 10.6. The third-order valence-electron chi connectivity index (χ3n) is 2.67. The Morgan fingerprint density at radius 1 is 1.27 bits per heavy atom. The highest BCUT2D eigenvalue weighted by molar-refractivity contribution is 5.18. The van der Waals surface area contributed by atoms with Crippen molar-refractivity contribution in [3.63, 3.8) is 0 Å². The van der Waals surface area contributed by atoms with Crippen LogP contribution in [0.25, 0.3) is 0 Å². The maximum absolute atomic E-state index is 5.44. The van der Waals surface area contributed by atoms with Gasteiger partial charge in [-0.3, -0.25) is 0 Å². The largest absolute Gasteiger partial charge is 0.350 e. The predicted octanol–water partition coefficient (Wildman–Crippen LogP) is 1.71. The van der Waals surface area contributed by atoms with E-state index in [9.17, 15) is 0 Å². The summed E-state index contributed by atoms with van der Waals surface area (Å²) in [6, 6.07) is 10.7. The van der Waals surface area contributed by atoms with E-state index in [0.717, 1.165) is 19.6 Å². The van der Waals surface area contributed by atoms with Crippen molar-refractivity contribution in [1.29, 1.82) is 0 Å². The SMILES string of the molecule is CNC(CC1OCCO1)c1ccccc1. The highest BCUT2D eigenvalue weighted by Gasteiger charge is 2.21. The summed E-state index contributed by atoms with van der Waals surface area (Å²) < 4.78 is 10.9. The molecule has 2 rings (SSSR count). The topological polar surface area (TPSA) is 30.5 Å². The van der Waals surface area contributed by atoms with Gasteiger partial charge >= 0.3 is 0 Å². The molecule has 1 heterocycles. The van der Waals surface area contributed by atoms with Crippen LogP contribution in [0.15, 0.2) is 30.3 Å². The third kappa shape index (κ3) is 2.78. The van der Waals surface area contributed by atoms with Gasteiger partial charge in [0, 0.05) is 12.5 Å². The highest BCUT2D eigenvalue weighted by Crippen LogP contribution is 2.21. The second-order valence-corrected chi connectivity index (χ2v) is 3.66. The Morgan fingerprint density at radius 2 is 1.93 bits per heavy atom. The van der Waals surface area contributed by atoms with Gasteiger partial charge in [-0.25, -0.2) is 0 Å². The van der Waals surface area contributed by atoms with Gasteiger partial charge in [0.15, 0.2) is 6.29 Å². The molecule has 1 atom stereocenters. The summed E-state index contributed by atoms with van der Waals surface area (Å²) >= 11 is 0. The Morgan fingerprint density at radius 3 is 2.53 bits per heavy atom. The summed E-state index contributed by atoms with van der Waals surface area (Å²) in [4.78, 5) is 0. The van der Waals surface area contributed by atoms with E-state index < -0.39 is 0 Å². The van der Waals surface area contributed by atoms with Crippen molar-refractivity contribution in [1.82, 2.24) is 5.32 Å². The average molecular weight is 207 g/mol. The molecule has 1 unspecified atom stereocenters. The van der Waals surface area contributed by atoms with Gasteiger partial charge in [0.05, 0.1) is 13.2 Å². The smallest absolute Gasteiger partial charge is 0.159 e. The number of rotatable bonds is 4. The zero-order valence-electron chi connectivity index (χ0n) is 8.98. The Balaban J connectivity index is 1.97. The van der Waals surface area contributed by atoms with Crippen molar-refractivity contribution < 1.29 is 9.47 Å². The number of ether oxygens (including phenoxy) is 2. The molecular formula is C12H17NO2. The first-order chi connectivity index (χ1) is 7.40. The number of hydrogen-bond donors (Lipinski definition) is 1. The van der Waals surface area contributed by atoms with Crippen molar-refractivity contribution in [2.75, 3.05) is 20.3 Å². The van der Waals surface area contributed by atoms with Crippen LogP contribution in [0, 0.1) is 0 Å². The lowest BCUT2D eigenvalue weighted by Crippen LogP contribution is -2.22. The van der Waals surface area contributed by atoms with Crippen LogP contribution in [0.5, 0.6) is 0 Å². The number of benzene rings is 1. The van der Waals surface area contributed by atoms with Gasteiger partial charge in [-0.1, -0.05) is 30.3 Å². The van der Waals surface area contributed by atoms with Crippen LogP contribution < -0.4 is 5.32 Å². The van der Waals surface area contributed by atoms with Crippen LogP contribution in [0.2, 0.25) is 0 Å². The zero-order chi connectivity index (χ0) is 10.5. The van der Waals surface area contributed by atoms with Crippen LogP contribution in [0.4, 0.5) is 0 Å². The number of nitrogens with one attached hydrogen (secondary N) is 1. The predicted molar refractivity (Wildman–Crippen MR) is 58.6 cm³/mol.